The van der Waals surface area contributed by atoms with E-state index >= 15 is 0 Å². The number of hydrogen-bond donors (Lipinski definition) is 0. The van der Waals surface area contributed by atoms with E-state index < -0.39 is 39.5 Å². The molecule has 0 aliphatic heterocycles. The van der Waals surface area contributed by atoms with Crippen molar-refractivity contribution in [2.24, 2.45) is 0 Å². The molecule has 0 aliphatic rings. The molecule has 4 rings (SSSR count). The molecule has 0 spiro atoms. The van der Waals surface area contributed by atoms with Gasteiger partial charge in [-0.3, -0.25) is 0 Å². The van der Waals surface area contributed by atoms with Crippen LogP contribution < -0.4 is 0 Å². The van der Waals surface area contributed by atoms with E-state index in [-0.39, 0.29) is 0 Å². The summed E-state index contributed by atoms with van der Waals surface area (Å²) in [6.07, 6.45) is 0. The third-order valence-corrected chi connectivity index (χ3v) is 4.09. The van der Waals surface area contributed by atoms with Crippen LogP contribution in [0.3, 0.4) is 0 Å². The van der Waals surface area contributed by atoms with Gasteiger partial charge in [0.1, 0.15) is 0 Å². The third kappa shape index (κ3) is 10.8. The van der Waals surface area contributed by atoms with E-state index in [1.54, 1.807) is 22.7 Å². The van der Waals surface area contributed by atoms with Gasteiger partial charge < -0.3 is 0 Å². The molecule has 26 heavy (non-hydrogen) atoms. The van der Waals surface area contributed by atoms with Crippen molar-refractivity contribution < 1.29 is 0 Å². The summed E-state index contributed by atoms with van der Waals surface area (Å²) in [7, 11) is 0. The Hall–Kier alpha value is -0.183. The van der Waals surface area contributed by atoms with Crippen LogP contribution in [-0.2, 0) is 0 Å². The van der Waals surface area contributed by atoms with Gasteiger partial charge in [-0.1, -0.05) is 24.3 Å². The van der Waals surface area contributed by atoms with Gasteiger partial charge in [-0.2, -0.15) is 0 Å². The summed E-state index contributed by atoms with van der Waals surface area (Å²) >= 11 is 2.27. The first-order chi connectivity index (χ1) is 12.4. The molecular formula is C20H28N2S2Sn2. The maximum absolute atomic E-state index is 4.14. The smallest absolute Gasteiger partial charge is 0.0812 e. The molecule has 2 heterocycles. The van der Waals surface area contributed by atoms with Gasteiger partial charge in [-0.15, -0.1) is 22.7 Å². The Morgan fingerprint density at radius 3 is 1.19 bits per heavy atom. The van der Waals surface area contributed by atoms with Crippen molar-refractivity contribution in [3.05, 3.63) is 59.6 Å². The average Bonchev–Trinajstić information content (AvgIpc) is 3.23. The van der Waals surface area contributed by atoms with E-state index in [1.165, 1.54) is 9.40 Å². The van der Waals surface area contributed by atoms with Crippen molar-refractivity contribution in [1.29, 1.82) is 0 Å². The van der Waals surface area contributed by atoms with Crippen LogP contribution in [0, 0.1) is 0 Å². The molecule has 0 N–H and O–H groups in total. The molecule has 0 aliphatic carbocycles. The number of para-hydroxylation sites is 2. The largest absolute Gasteiger partial charge is 0.245 e. The van der Waals surface area contributed by atoms with E-state index in [4.69, 9.17) is 0 Å². The molecule has 4 aromatic rings. The standard InChI is InChI=1S/2C7H5NS.6CH3.2Sn/c2*1-2-4-7-6(3-1)8-5-9-7;;;;;;;;/h2*1-5H;6*1H3;;. The van der Waals surface area contributed by atoms with Crippen LogP contribution in [0.1, 0.15) is 0 Å². The number of thiazole rings is 2. The zero-order chi connectivity index (χ0) is 19.4. The minimum absolute atomic E-state index is 0.543. The zero-order valence-corrected chi connectivity index (χ0v) is 23.8. The van der Waals surface area contributed by atoms with Gasteiger partial charge in [-0.05, 0) is 24.3 Å². The second kappa shape index (κ2) is 13.9. The van der Waals surface area contributed by atoms with Gasteiger partial charge in [0, 0.05) is 0 Å². The van der Waals surface area contributed by atoms with Gasteiger partial charge >= 0.3 is 69.2 Å². The summed E-state index contributed by atoms with van der Waals surface area (Å²) in [5, 5.41) is 0. The Bertz CT molecular complexity index is 719. The molecule has 2 nitrogen and oxygen atoms in total. The molecule has 0 saturated heterocycles. The summed E-state index contributed by atoms with van der Waals surface area (Å²) in [4.78, 5) is 22.5. The van der Waals surface area contributed by atoms with Crippen molar-refractivity contribution in [3.63, 3.8) is 0 Å². The number of aromatic nitrogens is 2. The van der Waals surface area contributed by atoms with Gasteiger partial charge in [0.15, 0.2) is 0 Å². The van der Waals surface area contributed by atoms with E-state index in [1.807, 2.05) is 47.4 Å². The third-order valence-electron chi connectivity index (χ3n) is 2.47. The van der Waals surface area contributed by atoms with Crippen LogP contribution in [-0.4, -0.2) is 49.5 Å². The first kappa shape index (κ1) is 23.9. The predicted octanol–water partition coefficient (Wildman–Crippen LogP) is 7.33. The first-order valence-corrected chi connectivity index (χ1v) is 27.4. The Morgan fingerprint density at radius 1 is 0.577 bits per heavy atom. The van der Waals surface area contributed by atoms with Gasteiger partial charge in [0.05, 0.1) is 31.5 Å². The number of hydrogen-bond acceptors (Lipinski definition) is 4. The normalized spacial score (nSPS) is 9.85. The minimum Gasteiger partial charge on any atom is -0.245 e. The quantitative estimate of drug-likeness (QED) is 0.198. The summed E-state index contributed by atoms with van der Waals surface area (Å²) in [5.41, 5.74) is 5.93. The maximum Gasteiger partial charge on any atom is 0.0812 e. The van der Waals surface area contributed by atoms with Crippen molar-refractivity contribution in [3.8, 4) is 0 Å². The Kier molecular flexibility index (Phi) is 12.8. The average molecular weight is 598 g/mol. The van der Waals surface area contributed by atoms with E-state index in [0.717, 1.165) is 11.0 Å². The molecule has 6 heteroatoms. The Labute approximate surface area is 180 Å². The fourth-order valence-electron chi connectivity index (χ4n) is 1.61. The van der Waals surface area contributed by atoms with Crippen molar-refractivity contribution in [2.75, 3.05) is 0 Å². The second-order valence-corrected chi connectivity index (χ2v) is 25.5. The molecule has 2 radical (unpaired) electrons. The molecular weight excluding hydrogens is 570 g/mol. The van der Waals surface area contributed by atoms with Crippen molar-refractivity contribution in [2.45, 2.75) is 29.6 Å². The minimum atomic E-state index is -0.543. The van der Waals surface area contributed by atoms with Crippen LogP contribution in [0.5, 0.6) is 0 Å². The molecule has 0 fully saturated rings. The van der Waals surface area contributed by atoms with Crippen molar-refractivity contribution >= 4 is 82.6 Å². The van der Waals surface area contributed by atoms with Gasteiger partial charge in [0.25, 0.3) is 0 Å². The van der Waals surface area contributed by atoms with E-state index in [9.17, 15) is 0 Å². The first-order valence-electron chi connectivity index (χ1n) is 8.50. The van der Waals surface area contributed by atoms with Gasteiger partial charge in [-0.25, -0.2) is 9.97 Å². The summed E-state index contributed by atoms with van der Waals surface area (Å²) in [5.74, 6) is 0. The SMILES string of the molecule is [CH3][Sn]([CH3])[CH3].[CH3][Sn]([CH3])[CH3].c1ccc2scnc2c1.c1ccc2scnc2c1. The fourth-order valence-corrected chi connectivity index (χ4v) is 2.96. The van der Waals surface area contributed by atoms with Crippen LogP contribution in [0.15, 0.2) is 59.6 Å². The summed E-state index contributed by atoms with van der Waals surface area (Å²) < 4.78 is 2.52. The molecule has 2 aromatic heterocycles. The monoisotopic (exact) mass is 600 g/mol. The number of nitrogens with zero attached hydrogens (tertiary/aromatic N) is 2. The van der Waals surface area contributed by atoms with Gasteiger partial charge in [0.2, 0.25) is 0 Å². The second-order valence-electron chi connectivity index (χ2n) is 6.64. The summed E-state index contributed by atoms with van der Waals surface area (Å²) in [6, 6.07) is 16.3. The number of fused-ring (bicyclic) bond motifs is 2. The predicted molar refractivity (Wildman–Crippen MR) is 126 cm³/mol. The molecule has 0 saturated carbocycles. The molecule has 0 unspecified atom stereocenters. The molecule has 2 aromatic carbocycles. The van der Waals surface area contributed by atoms with E-state index in [2.05, 4.69) is 51.7 Å². The molecule has 0 atom stereocenters. The van der Waals surface area contributed by atoms with Crippen LogP contribution >= 0.6 is 22.7 Å². The Balaban J connectivity index is 0.000000188. The fraction of sp³-hybridized carbons (Fsp3) is 0.300. The van der Waals surface area contributed by atoms with Crippen LogP contribution in [0.2, 0.25) is 29.6 Å². The van der Waals surface area contributed by atoms with Crippen LogP contribution in [0.4, 0.5) is 0 Å². The number of rotatable bonds is 0. The molecule has 0 amide bonds. The van der Waals surface area contributed by atoms with E-state index in [0.29, 0.717) is 0 Å². The number of benzene rings is 2. The zero-order valence-electron chi connectivity index (χ0n) is 16.5. The molecule has 138 valence electrons. The van der Waals surface area contributed by atoms with Crippen molar-refractivity contribution in [1.82, 2.24) is 9.97 Å². The van der Waals surface area contributed by atoms with Crippen LogP contribution in [0.25, 0.3) is 20.4 Å². The summed E-state index contributed by atoms with van der Waals surface area (Å²) in [6.45, 7) is 0. The molecule has 0 bridgehead atoms. The topological polar surface area (TPSA) is 25.8 Å². The Morgan fingerprint density at radius 2 is 0.885 bits per heavy atom. The maximum atomic E-state index is 4.14.